The Labute approximate surface area is 163 Å². The second kappa shape index (κ2) is 9.14. The minimum absolute atomic E-state index is 0.0196. The monoisotopic (exact) mass is 378 g/mol. The average Bonchev–Trinajstić information content (AvgIpc) is 3.21. The summed E-state index contributed by atoms with van der Waals surface area (Å²) in [5.74, 6) is -0.0575. The number of anilines is 1. The van der Waals surface area contributed by atoms with Gasteiger partial charge in [0.2, 0.25) is 5.91 Å². The summed E-state index contributed by atoms with van der Waals surface area (Å²) < 4.78 is 0. The van der Waals surface area contributed by atoms with E-state index in [-0.39, 0.29) is 11.8 Å². The lowest BCUT2D eigenvalue weighted by Crippen LogP contribution is -2.30. The molecule has 1 heterocycles. The van der Waals surface area contributed by atoms with E-state index in [0.717, 1.165) is 16.8 Å². The molecule has 0 fully saturated rings. The van der Waals surface area contributed by atoms with Crippen LogP contribution in [0.3, 0.4) is 0 Å². The highest BCUT2D eigenvalue weighted by molar-refractivity contribution is 7.12. The Bertz CT molecular complexity index is 892. The van der Waals surface area contributed by atoms with Crippen molar-refractivity contribution in [1.82, 2.24) is 5.32 Å². The number of nitrogens with zero attached hydrogens (tertiary/aromatic N) is 1. The molecule has 4 nitrogen and oxygen atoms in total. The summed E-state index contributed by atoms with van der Waals surface area (Å²) in [6.45, 7) is 2.98. The van der Waals surface area contributed by atoms with Crippen LogP contribution in [0.25, 0.3) is 0 Å². The average molecular weight is 378 g/mol. The Morgan fingerprint density at radius 2 is 1.74 bits per heavy atom. The van der Waals surface area contributed by atoms with E-state index in [0.29, 0.717) is 24.4 Å². The Morgan fingerprint density at radius 3 is 2.44 bits per heavy atom. The van der Waals surface area contributed by atoms with Gasteiger partial charge in [-0.15, -0.1) is 11.3 Å². The van der Waals surface area contributed by atoms with Crippen LogP contribution in [-0.2, 0) is 17.8 Å². The minimum atomic E-state index is -0.0380. The molecule has 3 rings (SSSR count). The lowest BCUT2D eigenvalue weighted by molar-refractivity contribution is -0.120. The van der Waals surface area contributed by atoms with Gasteiger partial charge in [-0.1, -0.05) is 48.5 Å². The van der Waals surface area contributed by atoms with Crippen molar-refractivity contribution in [1.29, 1.82) is 0 Å². The van der Waals surface area contributed by atoms with Gasteiger partial charge < -0.3 is 10.2 Å². The first-order chi connectivity index (χ1) is 13.2. The van der Waals surface area contributed by atoms with Crippen LogP contribution in [-0.4, -0.2) is 18.4 Å². The molecule has 0 aliphatic rings. The third-order valence-corrected chi connectivity index (χ3v) is 4.98. The number of carbonyl (C=O) groups is 2. The van der Waals surface area contributed by atoms with Crippen molar-refractivity contribution in [3.63, 3.8) is 0 Å². The number of likely N-dealkylation sites (N-methyl/N-ethyl adjacent to an activating group) is 1. The number of nitrogens with one attached hydrogen (secondary N) is 1. The maximum absolute atomic E-state index is 13.1. The van der Waals surface area contributed by atoms with E-state index in [1.807, 2.05) is 79.0 Å². The van der Waals surface area contributed by atoms with Crippen LogP contribution in [0.2, 0.25) is 0 Å². The lowest BCUT2D eigenvalue weighted by atomic mass is 10.1. The Morgan fingerprint density at radius 1 is 0.963 bits per heavy atom. The van der Waals surface area contributed by atoms with Crippen molar-refractivity contribution in [3.05, 3.63) is 88.1 Å². The molecule has 0 atom stereocenters. The maximum Gasteiger partial charge on any atom is 0.268 e. The molecule has 1 aromatic heterocycles. The van der Waals surface area contributed by atoms with Gasteiger partial charge in [-0.3, -0.25) is 9.59 Å². The summed E-state index contributed by atoms with van der Waals surface area (Å²) in [7, 11) is 0. The van der Waals surface area contributed by atoms with Gasteiger partial charge in [-0.2, -0.15) is 0 Å². The van der Waals surface area contributed by atoms with E-state index in [2.05, 4.69) is 5.32 Å². The lowest BCUT2D eigenvalue weighted by Gasteiger charge is -2.23. The van der Waals surface area contributed by atoms with E-state index in [9.17, 15) is 9.59 Å². The summed E-state index contributed by atoms with van der Waals surface area (Å²) in [5, 5.41) is 4.71. The van der Waals surface area contributed by atoms with Gasteiger partial charge in [-0.05, 0) is 41.6 Å². The normalized spacial score (nSPS) is 10.4. The first-order valence-electron chi connectivity index (χ1n) is 8.92. The fourth-order valence-electron chi connectivity index (χ4n) is 2.86. The molecule has 2 aromatic carbocycles. The molecule has 0 unspecified atom stereocenters. The van der Waals surface area contributed by atoms with Crippen LogP contribution in [0.15, 0.2) is 72.1 Å². The molecule has 138 valence electrons. The van der Waals surface area contributed by atoms with Crippen molar-refractivity contribution in [2.75, 3.05) is 11.4 Å². The van der Waals surface area contributed by atoms with Crippen LogP contribution in [0.1, 0.15) is 27.7 Å². The van der Waals surface area contributed by atoms with Crippen molar-refractivity contribution >= 4 is 28.8 Å². The van der Waals surface area contributed by atoms with Crippen LogP contribution in [0.5, 0.6) is 0 Å². The van der Waals surface area contributed by atoms with Crippen molar-refractivity contribution in [3.8, 4) is 0 Å². The fraction of sp³-hybridized carbons (Fsp3) is 0.182. The van der Waals surface area contributed by atoms with Gasteiger partial charge in [0.05, 0.1) is 17.8 Å². The highest BCUT2D eigenvalue weighted by atomic mass is 32.1. The zero-order valence-electron chi connectivity index (χ0n) is 15.2. The molecule has 0 radical (unpaired) electrons. The second-order valence-electron chi connectivity index (χ2n) is 6.15. The fourth-order valence-corrected chi connectivity index (χ4v) is 3.53. The number of hydrogen-bond acceptors (Lipinski definition) is 3. The highest BCUT2D eigenvalue weighted by Gasteiger charge is 2.19. The van der Waals surface area contributed by atoms with E-state index in [1.165, 1.54) is 11.3 Å². The van der Waals surface area contributed by atoms with E-state index < -0.39 is 0 Å². The molecule has 27 heavy (non-hydrogen) atoms. The number of amides is 2. The molecule has 5 heteroatoms. The van der Waals surface area contributed by atoms with Gasteiger partial charge in [0.15, 0.2) is 0 Å². The molecule has 0 saturated carbocycles. The first-order valence-corrected chi connectivity index (χ1v) is 9.80. The van der Waals surface area contributed by atoms with Crippen LogP contribution >= 0.6 is 11.3 Å². The van der Waals surface area contributed by atoms with Crippen molar-refractivity contribution in [2.24, 2.45) is 0 Å². The molecular weight excluding hydrogens is 356 g/mol. The Hall–Kier alpha value is -2.92. The summed E-state index contributed by atoms with van der Waals surface area (Å²) in [5.41, 5.74) is 2.73. The molecule has 3 aromatic rings. The zero-order chi connectivity index (χ0) is 19.1. The minimum Gasteiger partial charge on any atom is -0.356 e. The van der Waals surface area contributed by atoms with Crippen LogP contribution in [0.4, 0.5) is 5.69 Å². The van der Waals surface area contributed by atoms with Crippen molar-refractivity contribution < 1.29 is 9.59 Å². The molecular formula is C22H22N2O2S. The van der Waals surface area contributed by atoms with Crippen LogP contribution in [0, 0.1) is 0 Å². The molecule has 0 spiro atoms. The summed E-state index contributed by atoms with van der Waals surface area (Å²) in [4.78, 5) is 27.5. The van der Waals surface area contributed by atoms with E-state index in [4.69, 9.17) is 0 Å². The maximum atomic E-state index is 13.1. The molecule has 0 bridgehead atoms. The molecule has 2 amide bonds. The highest BCUT2D eigenvalue weighted by Crippen LogP contribution is 2.23. The van der Waals surface area contributed by atoms with Gasteiger partial charge in [0, 0.05) is 12.2 Å². The number of carbonyl (C=O) groups excluding carboxylic acids is 2. The third-order valence-electron chi connectivity index (χ3n) is 4.12. The molecule has 0 saturated heterocycles. The first kappa shape index (κ1) is 18.9. The van der Waals surface area contributed by atoms with Crippen LogP contribution < -0.4 is 10.2 Å². The topological polar surface area (TPSA) is 49.4 Å². The van der Waals surface area contributed by atoms with Gasteiger partial charge in [0.25, 0.3) is 5.91 Å². The Kier molecular flexibility index (Phi) is 6.39. The molecule has 1 N–H and O–H groups in total. The van der Waals surface area contributed by atoms with E-state index >= 15 is 0 Å². The Balaban J connectivity index is 1.90. The predicted octanol–water partition coefficient (Wildman–Crippen LogP) is 4.27. The number of rotatable bonds is 7. The quantitative estimate of drug-likeness (QED) is 0.667. The number of thiophene rings is 1. The smallest absolute Gasteiger partial charge is 0.268 e. The molecule has 0 aliphatic heterocycles. The largest absolute Gasteiger partial charge is 0.356 e. The van der Waals surface area contributed by atoms with E-state index in [1.54, 1.807) is 4.90 Å². The predicted molar refractivity (Wildman–Crippen MR) is 110 cm³/mol. The second-order valence-corrected chi connectivity index (χ2v) is 7.10. The van der Waals surface area contributed by atoms with Gasteiger partial charge in [0.1, 0.15) is 0 Å². The summed E-state index contributed by atoms with van der Waals surface area (Å²) in [6.07, 6.45) is 0.300. The van der Waals surface area contributed by atoms with Crippen molar-refractivity contribution in [2.45, 2.75) is 19.9 Å². The number of benzene rings is 2. The van der Waals surface area contributed by atoms with Gasteiger partial charge in [-0.25, -0.2) is 0 Å². The summed E-state index contributed by atoms with van der Waals surface area (Å²) in [6, 6.07) is 21.3. The standard InChI is InChI=1S/C22H22N2O2S/c1-2-23-21(25)15-18-10-6-11-19(14-18)24(16-17-8-4-3-5-9-17)22(26)20-12-7-13-27-20/h3-14H,2,15-16H2,1H3,(H,23,25). The summed E-state index contributed by atoms with van der Waals surface area (Å²) >= 11 is 1.43. The molecule has 0 aliphatic carbocycles. The SMILES string of the molecule is CCNC(=O)Cc1cccc(N(Cc2ccccc2)C(=O)c2cccs2)c1. The third kappa shape index (κ3) is 5.05. The zero-order valence-corrected chi connectivity index (χ0v) is 16.0. The van der Waals surface area contributed by atoms with Gasteiger partial charge >= 0.3 is 0 Å². The number of hydrogen-bond donors (Lipinski definition) is 1.